The van der Waals surface area contributed by atoms with Gasteiger partial charge < -0.3 is 15.5 Å². The lowest BCUT2D eigenvalue weighted by atomic mass is 10.1. The molecule has 0 unspecified atom stereocenters. The average molecular weight is 312 g/mol. The van der Waals surface area contributed by atoms with E-state index < -0.39 is 5.97 Å². The van der Waals surface area contributed by atoms with E-state index in [1.165, 1.54) is 12.1 Å². The van der Waals surface area contributed by atoms with Crippen LogP contribution in [-0.4, -0.2) is 16.2 Å². The van der Waals surface area contributed by atoms with Gasteiger partial charge in [0.1, 0.15) is 5.75 Å². The third-order valence-corrected chi connectivity index (χ3v) is 3.39. The number of para-hydroxylation sites is 1. The van der Waals surface area contributed by atoms with Crippen LogP contribution in [0.1, 0.15) is 15.9 Å². The number of benzene rings is 2. The number of phenolic OH excluding ortho intramolecular Hbond substituents is 1. The van der Waals surface area contributed by atoms with Gasteiger partial charge in [0.15, 0.2) is 0 Å². The maximum atomic E-state index is 11.3. The van der Waals surface area contributed by atoms with Gasteiger partial charge in [-0.3, -0.25) is 0 Å². The lowest BCUT2D eigenvalue weighted by Gasteiger charge is -2.15. The molecule has 0 aliphatic carbocycles. The Hall–Kier alpha value is -1.91. The van der Waals surface area contributed by atoms with Crippen molar-refractivity contribution in [1.82, 2.24) is 0 Å². The first-order valence-corrected chi connectivity index (χ1v) is 6.43. The van der Waals surface area contributed by atoms with E-state index >= 15 is 0 Å². The molecule has 3 N–H and O–H groups in total. The van der Waals surface area contributed by atoms with Gasteiger partial charge in [0, 0.05) is 0 Å². The van der Waals surface area contributed by atoms with Crippen LogP contribution in [0.25, 0.3) is 0 Å². The van der Waals surface area contributed by atoms with E-state index in [-0.39, 0.29) is 11.3 Å². The van der Waals surface area contributed by atoms with Crippen molar-refractivity contribution in [1.29, 1.82) is 0 Å². The number of aryl methyl sites for hydroxylation is 1. The van der Waals surface area contributed by atoms with Gasteiger partial charge in [-0.2, -0.15) is 0 Å². The molecular weight excluding hydrogens is 301 g/mol. The number of carboxylic acid groups (broad SMARTS) is 1. The summed E-state index contributed by atoms with van der Waals surface area (Å²) in [5, 5.41) is 22.4. The maximum Gasteiger partial charge on any atom is 0.337 e. The number of phenols is 1. The number of hydrogen-bond acceptors (Lipinski definition) is 3. The molecule has 0 radical (unpaired) electrons. The molecule has 6 heteroatoms. The molecule has 2 aromatic rings. The molecule has 0 heterocycles. The molecule has 20 heavy (non-hydrogen) atoms. The minimum Gasteiger partial charge on any atom is -0.508 e. The summed E-state index contributed by atoms with van der Waals surface area (Å²) in [6, 6.07) is 7.61. The van der Waals surface area contributed by atoms with Crippen LogP contribution in [0.2, 0.25) is 10.0 Å². The van der Waals surface area contributed by atoms with Gasteiger partial charge in [-0.05, 0) is 36.8 Å². The number of carboxylic acids is 1. The van der Waals surface area contributed by atoms with Crippen molar-refractivity contribution >= 4 is 40.5 Å². The molecule has 0 saturated heterocycles. The van der Waals surface area contributed by atoms with Crippen molar-refractivity contribution in [3.05, 3.63) is 51.5 Å². The van der Waals surface area contributed by atoms with E-state index in [9.17, 15) is 15.0 Å². The number of hydrogen-bond donors (Lipinski definition) is 3. The number of nitrogens with one attached hydrogen (secondary N) is 1. The molecule has 2 aromatic carbocycles. The van der Waals surface area contributed by atoms with E-state index in [2.05, 4.69) is 5.32 Å². The van der Waals surface area contributed by atoms with Gasteiger partial charge in [0.25, 0.3) is 0 Å². The summed E-state index contributed by atoms with van der Waals surface area (Å²) < 4.78 is 0. The molecule has 104 valence electrons. The van der Waals surface area contributed by atoms with Crippen LogP contribution in [0, 0.1) is 6.92 Å². The highest BCUT2D eigenvalue weighted by Crippen LogP contribution is 2.36. The number of anilines is 2. The Balaban J connectivity index is 2.56. The standard InChI is InChI=1S/C14H11Cl2NO3/c1-7-5-8(18)6-9(14(19)20)12(7)17-13-10(15)3-2-4-11(13)16/h2-6,17-18H,1H3,(H,19,20). The van der Waals surface area contributed by atoms with E-state index in [1.807, 2.05) is 0 Å². The number of aromatic hydroxyl groups is 1. The maximum absolute atomic E-state index is 11.3. The Bertz CT molecular complexity index is 666. The molecule has 0 spiro atoms. The van der Waals surface area contributed by atoms with Crippen molar-refractivity contribution < 1.29 is 15.0 Å². The Labute approximate surface area is 125 Å². The normalized spacial score (nSPS) is 10.3. The number of aromatic carboxylic acids is 1. The summed E-state index contributed by atoms with van der Waals surface area (Å²) >= 11 is 12.1. The zero-order valence-corrected chi connectivity index (χ0v) is 12.0. The van der Waals surface area contributed by atoms with Crippen molar-refractivity contribution in [2.75, 3.05) is 5.32 Å². The van der Waals surface area contributed by atoms with Crippen LogP contribution in [0.4, 0.5) is 11.4 Å². The Morgan fingerprint density at radius 3 is 2.30 bits per heavy atom. The molecule has 0 aromatic heterocycles. The fourth-order valence-corrected chi connectivity index (χ4v) is 2.34. The Kier molecular flexibility index (Phi) is 4.06. The van der Waals surface area contributed by atoms with Gasteiger partial charge in [0.05, 0.1) is 27.0 Å². The van der Waals surface area contributed by atoms with Crippen LogP contribution >= 0.6 is 23.2 Å². The van der Waals surface area contributed by atoms with E-state index in [0.717, 1.165) is 0 Å². The second kappa shape index (κ2) is 5.61. The lowest BCUT2D eigenvalue weighted by Crippen LogP contribution is -2.05. The van der Waals surface area contributed by atoms with Gasteiger partial charge in [0.2, 0.25) is 0 Å². The monoisotopic (exact) mass is 311 g/mol. The lowest BCUT2D eigenvalue weighted by molar-refractivity contribution is 0.0697. The largest absolute Gasteiger partial charge is 0.508 e. The number of rotatable bonds is 3. The highest BCUT2D eigenvalue weighted by Gasteiger charge is 2.16. The summed E-state index contributed by atoms with van der Waals surface area (Å²) in [7, 11) is 0. The zero-order valence-electron chi connectivity index (χ0n) is 10.4. The Morgan fingerprint density at radius 2 is 1.75 bits per heavy atom. The van der Waals surface area contributed by atoms with Crippen molar-refractivity contribution in [2.24, 2.45) is 0 Å². The second-order valence-corrected chi connectivity index (χ2v) is 5.03. The van der Waals surface area contributed by atoms with Crippen molar-refractivity contribution in [2.45, 2.75) is 6.92 Å². The smallest absolute Gasteiger partial charge is 0.337 e. The fourth-order valence-electron chi connectivity index (χ4n) is 1.84. The molecule has 0 amide bonds. The summed E-state index contributed by atoms with van der Waals surface area (Å²) in [4.78, 5) is 11.3. The summed E-state index contributed by atoms with van der Waals surface area (Å²) in [6.07, 6.45) is 0. The van der Waals surface area contributed by atoms with Crippen LogP contribution in [0.5, 0.6) is 5.75 Å². The molecule has 0 atom stereocenters. The third-order valence-electron chi connectivity index (χ3n) is 2.76. The minimum atomic E-state index is -1.16. The van der Waals surface area contributed by atoms with Crippen molar-refractivity contribution in [3.63, 3.8) is 0 Å². The number of halogens is 2. The predicted octanol–water partition coefficient (Wildman–Crippen LogP) is 4.45. The fraction of sp³-hybridized carbons (Fsp3) is 0.0714. The molecular formula is C14H11Cl2NO3. The molecule has 0 fully saturated rings. The van der Waals surface area contributed by atoms with Gasteiger partial charge in [-0.25, -0.2) is 4.79 Å². The predicted molar refractivity (Wildman–Crippen MR) is 79.5 cm³/mol. The van der Waals surface area contributed by atoms with Gasteiger partial charge in [-0.1, -0.05) is 29.3 Å². The molecule has 0 aliphatic heterocycles. The first-order valence-electron chi connectivity index (χ1n) is 5.68. The second-order valence-electron chi connectivity index (χ2n) is 4.21. The highest BCUT2D eigenvalue weighted by molar-refractivity contribution is 6.39. The summed E-state index contributed by atoms with van der Waals surface area (Å²) in [5.74, 6) is -1.27. The van der Waals surface area contributed by atoms with Crippen LogP contribution < -0.4 is 5.32 Å². The molecule has 0 bridgehead atoms. The van der Waals surface area contributed by atoms with Crippen LogP contribution in [0.15, 0.2) is 30.3 Å². The minimum absolute atomic E-state index is 0.0570. The van der Waals surface area contributed by atoms with E-state index in [0.29, 0.717) is 27.0 Å². The van der Waals surface area contributed by atoms with Crippen molar-refractivity contribution in [3.8, 4) is 5.75 Å². The first kappa shape index (κ1) is 14.5. The highest BCUT2D eigenvalue weighted by atomic mass is 35.5. The average Bonchev–Trinajstić information content (AvgIpc) is 2.35. The van der Waals surface area contributed by atoms with Crippen LogP contribution in [-0.2, 0) is 0 Å². The molecule has 0 saturated carbocycles. The van der Waals surface area contributed by atoms with Gasteiger partial charge in [-0.15, -0.1) is 0 Å². The summed E-state index contributed by atoms with van der Waals surface area (Å²) in [6.45, 7) is 1.68. The quantitative estimate of drug-likeness (QED) is 0.732. The van der Waals surface area contributed by atoms with E-state index in [1.54, 1.807) is 25.1 Å². The molecule has 0 aliphatic rings. The number of carbonyl (C=O) groups is 1. The molecule has 4 nitrogen and oxygen atoms in total. The zero-order chi connectivity index (χ0) is 14.9. The SMILES string of the molecule is Cc1cc(O)cc(C(=O)O)c1Nc1c(Cl)cccc1Cl. The van der Waals surface area contributed by atoms with E-state index in [4.69, 9.17) is 23.2 Å². The molecule has 2 rings (SSSR count). The topological polar surface area (TPSA) is 69.6 Å². The third kappa shape index (κ3) is 2.81. The Morgan fingerprint density at radius 1 is 1.15 bits per heavy atom. The van der Waals surface area contributed by atoms with Gasteiger partial charge >= 0.3 is 5.97 Å². The van der Waals surface area contributed by atoms with Crippen LogP contribution in [0.3, 0.4) is 0 Å². The summed E-state index contributed by atoms with van der Waals surface area (Å²) in [5.41, 5.74) is 1.27. The first-order chi connectivity index (χ1) is 9.40.